The molecule has 0 amide bonds. The van der Waals surface area contributed by atoms with Gasteiger partial charge in [-0.05, 0) is 12.5 Å². The molecule has 0 fully saturated rings. The predicted octanol–water partition coefficient (Wildman–Crippen LogP) is 1.87. The fraction of sp³-hybridized carbons (Fsp3) is 0.200. The van der Waals surface area contributed by atoms with Gasteiger partial charge in [0.1, 0.15) is 0 Å². The normalized spacial score (nSPS) is 10.8. The molecule has 0 aliphatic carbocycles. The molecule has 0 radical (unpaired) electrons. The molecule has 1 aromatic heterocycles. The molecule has 0 atom stereocenters. The standard InChI is InChI=1S/C15H16N4O3/c1-2-5-11-8-13(20)18-15(17-11)19-16-9-10-6-3-4-7-12(10)14(21)22/h3-4,6-9H,2,5H2,1H3,(H,21,22)(H2,17,18,19,20)/b16-9+. The molecule has 0 spiro atoms. The summed E-state index contributed by atoms with van der Waals surface area (Å²) in [5, 5.41) is 13.0. The third-order valence-electron chi connectivity index (χ3n) is 2.87. The molecular weight excluding hydrogens is 284 g/mol. The summed E-state index contributed by atoms with van der Waals surface area (Å²) in [6.45, 7) is 2.00. The lowest BCUT2D eigenvalue weighted by Crippen LogP contribution is -2.12. The average Bonchev–Trinajstić information content (AvgIpc) is 2.47. The Kier molecular flexibility index (Phi) is 5.02. The number of carbonyl (C=O) groups is 1. The van der Waals surface area contributed by atoms with Gasteiger partial charge in [0.25, 0.3) is 5.56 Å². The van der Waals surface area contributed by atoms with Gasteiger partial charge < -0.3 is 5.11 Å². The number of rotatable bonds is 6. The number of H-pyrrole nitrogens is 1. The van der Waals surface area contributed by atoms with Gasteiger partial charge in [0, 0.05) is 17.3 Å². The summed E-state index contributed by atoms with van der Waals surface area (Å²) in [4.78, 5) is 29.3. The summed E-state index contributed by atoms with van der Waals surface area (Å²) in [6.07, 6.45) is 2.95. The van der Waals surface area contributed by atoms with Crippen LogP contribution in [0.25, 0.3) is 0 Å². The van der Waals surface area contributed by atoms with Gasteiger partial charge >= 0.3 is 5.97 Å². The second-order valence-electron chi connectivity index (χ2n) is 4.60. The van der Waals surface area contributed by atoms with Crippen molar-refractivity contribution in [2.45, 2.75) is 19.8 Å². The minimum absolute atomic E-state index is 0.147. The van der Waals surface area contributed by atoms with Crippen molar-refractivity contribution in [2.75, 3.05) is 5.43 Å². The summed E-state index contributed by atoms with van der Waals surface area (Å²) >= 11 is 0. The molecule has 0 aliphatic heterocycles. The highest BCUT2D eigenvalue weighted by Crippen LogP contribution is 2.06. The van der Waals surface area contributed by atoms with E-state index in [4.69, 9.17) is 5.11 Å². The first-order chi connectivity index (χ1) is 10.6. The molecule has 1 heterocycles. The summed E-state index contributed by atoms with van der Waals surface area (Å²) < 4.78 is 0. The number of nitrogens with zero attached hydrogens (tertiary/aromatic N) is 2. The predicted molar refractivity (Wildman–Crippen MR) is 83.5 cm³/mol. The molecule has 0 unspecified atom stereocenters. The number of benzene rings is 1. The Balaban J connectivity index is 2.16. The number of carboxylic acids is 1. The van der Waals surface area contributed by atoms with E-state index in [9.17, 15) is 9.59 Å². The smallest absolute Gasteiger partial charge is 0.336 e. The minimum Gasteiger partial charge on any atom is -0.478 e. The quantitative estimate of drug-likeness (QED) is 0.557. The van der Waals surface area contributed by atoms with E-state index in [0.717, 1.165) is 6.42 Å². The maximum atomic E-state index is 11.5. The molecule has 114 valence electrons. The zero-order valence-corrected chi connectivity index (χ0v) is 12.0. The lowest BCUT2D eigenvalue weighted by Gasteiger charge is -2.03. The van der Waals surface area contributed by atoms with E-state index in [1.165, 1.54) is 18.3 Å². The van der Waals surface area contributed by atoms with Crippen molar-refractivity contribution < 1.29 is 9.90 Å². The van der Waals surface area contributed by atoms with Gasteiger partial charge in [0.2, 0.25) is 5.95 Å². The van der Waals surface area contributed by atoms with Crippen LogP contribution >= 0.6 is 0 Å². The monoisotopic (exact) mass is 300 g/mol. The third-order valence-corrected chi connectivity index (χ3v) is 2.87. The Morgan fingerprint density at radius 2 is 2.23 bits per heavy atom. The second-order valence-corrected chi connectivity index (χ2v) is 4.60. The highest BCUT2D eigenvalue weighted by atomic mass is 16.4. The number of hydrazone groups is 1. The topological polar surface area (TPSA) is 107 Å². The molecule has 7 heteroatoms. The molecule has 0 saturated heterocycles. The Bertz CT molecular complexity index is 752. The van der Waals surface area contributed by atoms with Gasteiger partial charge in [0.15, 0.2) is 0 Å². The Labute approximate surface area is 126 Å². The number of hydrogen-bond acceptors (Lipinski definition) is 5. The number of aryl methyl sites for hydroxylation is 1. The number of aromatic amines is 1. The third kappa shape index (κ3) is 4.02. The van der Waals surface area contributed by atoms with Gasteiger partial charge in [-0.2, -0.15) is 5.10 Å². The molecule has 2 rings (SSSR count). The molecule has 1 aromatic carbocycles. The number of carboxylic acid groups (broad SMARTS) is 1. The van der Waals surface area contributed by atoms with E-state index in [1.54, 1.807) is 18.2 Å². The van der Waals surface area contributed by atoms with Crippen LogP contribution < -0.4 is 11.0 Å². The van der Waals surface area contributed by atoms with Crippen LogP contribution in [0.5, 0.6) is 0 Å². The van der Waals surface area contributed by atoms with Crippen molar-refractivity contribution in [2.24, 2.45) is 5.10 Å². The Morgan fingerprint density at radius 3 is 2.95 bits per heavy atom. The van der Waals surface area contributed by atoms with Crippen LogP contribution in [-0.2, 0) is 6.42 Å². The lowest BCUT2D eigenvalue weighted by molar-refractivity contribution is 0.0697. The summed E-state index contributed by atoms with van der Waals surface area (Å²) in [5.41, 5.74) is 3.62. The number of hydrogen-bond donors (Lipinski definition) is 3. The van der Waals surface area contributed by atoms with Crippen LogP contribution in [-0.4, -0.2) is 27.3 Å². The Morgan fingerprint density at radius 1 is 1.45 bits per heavy atom. The van der Waals surface area contributed by atoms with Crippen molar-refractivity contribution in [3.05, 3.63) is 57.5 Å². The molecule has 7 nitrogen and oxygen atoms in total. The van der Waals surface area contributed by atoms with Crippen LogP contribution in [0.1, 0.15) is 35.0 Å². The highest BCUT2D eigenvalue weighted by molar-refractivity contribution is 5.98. The summed E-state index contributed by atoms with van der Waals surface area (Å²) in [7, 11) is 0. The van der Waals surface area contributed by atoms with Crippen LogP contribution in [0.2, 0.25) is 0 Å². The molecule has 0 bridgehead atoms. The van der Waals surface area contributed by atoms with Crippen molar-refractivity contribution in [3.63, 3.8) is 0 Å². The SMILES string of the molecule is CCCc1cc(=O)[nH]c(N/N=C/c2ccccc2C(=O)O)n1. The van der Waals surface area contributed by atoms with Crippen molar-refractivity contribution in [1.29, 1.82) is 0 Å². The largest absolute Gasteiger partial charge is 0.478 e. The van der Waals surface area contributed by atoms with Gasteiger partial charge in [-0.1, -0.05) is 31.5 Å². The molecule has 0 saturated carbocycles. The van der Waals surface area contributed by atoms with Crippen molar-refractivity contribution in [1.82, 2.24) is 9.97 Å². The molecule has 2 aromatic rings. The van der Waals surface area contributed by atoms with E-state index in [2.05, 4.69) is 20.5 Å². The zero-order chi connectivity index (χ0) is 15.9. The molecular formula is C15H16N4O3. The van der Waals surface area contributed by atoms with Gasteiger partial charge in [-0.25, -0.2) is 15.2 Å². The van der Waals surface area contributed by atoms with Crippen LogP contribution in [0, 0.1) is 0 Å². The fourth-order valence-electron chi connectivity index (χ4n) is 1.91. The second kappa shape index (κ2) is 7.16. The lowest BCUT2D eigenvalue weighted by atomic mass is 10.1. The van der Waals surface area contributed by atoms with E-state index in [1.807, 2.05) is 6.92 Å². The molecule has 22 heavy (non-hydrogen) atoms. The first-order valence-electron chi connectivity index (χ1n) is 6.81. The number of nitrogens with one attached hydrogen (secondary N) is 2. The molecule has 0 aliphatic rings. The van der Waals surface area contributed by atoms with E-state index < -0.39 is 5.97 Å². The zero-order valence-electron chi connectivity index (χ0n) is 12.0. The molecule has 3 N–H and O–H groups in total. The van der Waals surface area contributed by atoms with Crippen molar-refractivity contribution in [3.8, 4) is 0 Å². The summed E-state index contributed by atoms with van der Waals surface area (Å²) in [6, 6.07) is 7.93. The van der Waals surface area contributed by atoms with Gasteiger partial charge in [-0.3, -0.25) is 9.78 Å². The number of aromatic carboxylic acids is 1. The van der Waals surface area contributed by atoms with E-state index in [-0.39, 0.29) is 17.1 Å². The fourth-order valence-corrected chi connectivity index (χ4v) is 1.91. The number of aromatic nitrogens is 2. The van der Waals surface area contributed by atoms with Crippen LogP contribution in [0.4, 0.5) is 5.95 Å². The van der Waals surface area contributed by atoms with Crippen LogP contribution in [0.15, 0.2) is 40.2 Å². The van der Waals surface area contributed by atoms with E-state index >= 15 is 0 Å². The maximum absolute atomic E-state index is 11.5. The van der Waals surface area contributed by atoms with Gasteiger partial charge in [-0.15, -0.1) is 0 Å². The van der Waals surface area contributed by atoms with Crippen LogP contribution in [0.3, 0.4) is 0 Å². The average molecular weight is 300 g/mol. The first-order valence-corrected chi connectivity index (χ1v) is 6.81. The maximum Gasteiger partial charge on any atom is 0.336 e. The summed E-state index contributed by atoms with van der Waals surface area (Å²) in [5.74, 6) is -0.807. The Hall–Kier alpha value is -2.96. The van der Waals surface area contributed by atoms with E-state index in [0.29, 0.717) is 17.7 Å². The first kappa shape index (κ1) is 15.4. The van der Waals surface area contributed by atoms with Gasteiger partial charge in [0.05, 0.1) is 11.8 Å². The minimum atomic E-state index is -1.03. The number of anilines is 1. The van der Waals surface area contributed by atoms with Crippen molar-refractivity contribution >= 4 is 18.1 Å². The highest BCUT2D eigenvalue weighted by Gasteiger charge is 2.06.